The van der Waals surface area contributed by atoms with Crippen LogP contribution in [-0.4, -0.2) is 18.7 Å². The molecule has 2 rings (SSSR count). The van der Waals surface area contributed by atoms with Crippen LogP contribution >= 0.6 is 0 Å². The summed E-state index contributed by atoms with van der Waals surface area (Å²) in [6.07, 6.45) is 2.88. The number of aryl methyl sites for hydroxylation is 1. The molecule has 0 atom stereocenters. The van der Waals surface area contributed by atoms with Gasteiger partial charge in [0.05, 0.1) is 6.61 Å². The van der Waals surface area contributed by atoms with Crippen LogP contribution in [0.25, 0.3) is 10.8 Å². The average molecular weight is 231 g/mol. The van der Waals surface area contributed by atoms with Crippen LogP contribution in [0.5, 0.6) is 0 Å². The van der Waals surface area contributed by atoms with E-state index in [2.05, 4.69) is 29.2 Å². The molecule has 0 spiro atoms. The largest absolute Gasteiger partial charge is 0.384 e. The van der Waals surface area contributed by atoms with Crippen molar-refractivity contribution in [3.05, 3.63) is 41.7 Å². The zero-order valence-corrected chi connectivity index (χ0v) is 11.2. The minimum Gasteiger partial charge on any atom is -0.384 e. The molecule has 2 aromatic rings. The van der Waals surface area contributed by atoms with E-state index in [0.29, 0.717) is 0 Å². The third-order valence-electron chi connectivity index (χ3n) is 2.65. The smallest absolute Gasteiger partial charge is 0.0503 e. The summed E-state index contributed by atoms with van der Waals surface area (Å²) in [5, 5.41) is 2.54. The Balaban J connectivity index is 0.000000686. The molecule has 2 nitrogen and oxygen atoms in total. The van der Waals surface area contributed by atoms with Crippen LogP contribution in [0.2, 0.25) is 0 Å². The minimum atomic E-state index is 0.745. The summed E-state index contributed by atoms with van der Waals surface area (Å²) in [6, 6.07) is 8.39. The molecular formula is C15H21NO. The molecular weight excluding hydrogens is 210 g/mol. The quantitative estimate of drug-likeness (QED) is 0.802. The molecule has 0 fully saturated rings. The van der Waals surface area contributed by atoms with Gasteiger partial charge in [-0.3, -0.25) is 4.98 Å². The van der Waals surface area contributed by atoms with E-state index in [1.165, 1.54) is 16.3 Å². The first-order valence-corrected chi connectivity index (χ1v) is 6.15. The second kappa shape index (κ2) is 7.02. The molecule has 0 aliphatic heterocycles. The Labute approximate surface area is 104 Å². The van der Waals surface area contributed by atoms with Gasteiger partial charge in [0.1, 0.15) is 0 Å². The van der Waals surface area contributed by atoms with Crippen LogP contribution < -0.4 is 0 Å². The lowest BCUT2D eigenvalue weighted by Crippen LogP contribution is -1.97. The van der Waals surface area contributed by atoms with Crippen LogP contribution in [-0.2, 0) is 11.2 Å². The van der Waals surface area contributed by atoms with Crippen molar-refractivity contribution in [3.63, 3.8) is 0 Å². The van der Waals surface area contributed by atoms with Crippen LogP contribution in [0.1, 0.15) is 25.1 Å². The van der Waals surface area contributed by atoms with Crippen molar-refractivity contribution in [2.45, 2.75) is 27.2 Å². The standard InChI is InChI=1S/C13H15NO.C2H6/c1-10-12-5-3-4-6-13(12)11(9-14-10)7-8-15-2;1-2/h3-6,9H,7-8H2,1-2H3;1-2H3. The molecule has 1 heterocycles. The number of aromatic nitrogens is 1. The maximum absolute atomic E-state index is 5.10. The number of fused-ring (bicyclic) bond motifs is 1. The lowest BCUT2D eigenvalue weighted by Gasteiger charge is -2.07. The number of hydrogen-bond acceptors (Lipinski definition) is 2. The van der Waals surface area contributed by atoms with E-state index >= 15 is 0 Å². The molecule has 0 aliphatic rings. The first-order valence-electron chi connectivity index (χ1n) is 6.15. The highest BCUT2D eigenvalue weighted by Crippen LogP contribution is 2.20. The number of rotatable bonds is 3. The Morgan fingerprint density at radius 3 is 2.41 bits per heavy atom. The molecule has 0 aliphatic carbocycles. The lowest BCUT2D eigenvalue weighted by atomic mass is 10.0. The third-order valence-corrected chi connectivity index (χ3v) is 2.65. The summed E-state index contributed by atoms with van der Waals surface area (Å²) >= 11 is 0. The van der Waals surface area contributed by atoms with E-state index in [1.54, 1.807) is 7.11 Å². The summed E-state index contributed by atoms with van der Waals surface area (Å²) in [6.45, 7) is 6.79. The Morgan fingerprint density at radius 2 is 1.76 bits per heavy atom. The number of ether oxygens (including phenoxy) is 1. The van der Waals surface area contributed by atoms with Gasteiger partial charge in [0.25, 0.3) is 0 Å². The van der Waals surface area contributed by atoms with Gasteiger partial charge in [-0.25, -0.2) is 0 Å². The van der Waals surface area contributed by atoms with Crippen molar-refractivity contribution < 1.29 is 4.74 Å². The van der Waals surface area contributed by atoms with E-state index in [4.69, 9.17) is 4.74 Å². The predicted octanol–water partition coefficient (Wildman–Crippen LogP) is 3.76. The Bertz CT molecular complexity index is 465. The van der Waals surface area contributed by atoms with Crippen molar-refractivity contribution in [2.75, 3.05) is 13.7 Å². The molecule has 92 valence electrons. The van der Waals surface area contributed by atoms with Crippen LogP contribution in [0.3, 0.4) is 0 Å². The van der Waals surface area contributed by atoms with Gasteiger partial charge in [-0.1, -0.05) is 38.1 Å². The van der Waals surface area contributed by atoms with Crippen molar-refractivity contribution in [3.8, 4) is 0 Å². The number of pyridine rings is 1. The number of hydrogen-bond donors (Lipinski definition) is 0. The fourth-order valence-corrected chi connectivity index (χ4v) is 1.80. The molecule has 0 saturated heterocycles. The molecule has 2 heteroatoms. The van der Waals surface area contributed by atoms with Gasteiger partial charge in [0, 0.05) is 24.4 Å². The summed E-state index contributed by atoms with van der Waals surface area (Å²) in [7, 11) is 1.73. The molecule has 0 saturated carbocycles. The van der Waals surface area contributed by atoms with Gasteiger partial charge in [-0.05, 0) is 24.3 Å². The fourth-order valence-electron chi connectivity index (χ4n) is 1.80. The minimum absolute atomic E-state index is 0.745. The molecule has 0 N–H and O–H groups in total. The Kier molecular flexibility index (Phi) is 5.64. The highest BCUT2D eigenvalue weighted by Gasteiger charge is 2.03. The summed E-state index contributed by atoms with van der Waals surface area (Å²) < 4.78 is 5.10. The molecule has 0 amide bonds. The fraction of sp³-hybridized carbons (Fsp3) is 0.400. The van der Waals surface area contributed by atoms with E-state index < -0.39 is 0 Å². The Hall–Kier alpha value is -1.41. The van der Waals surface area contributed by atoms with Gasteiger partial charge in [0.15, 0.2) is 0 Å². The maximum atomic E-state index is 5.10. The summed E-state index contributed by atoms with van der Waals surface area (Å²) in [5.41, 5.74) is 2.35. The van der Waals surface area contributed by atoms with E-state index in [-0.39, 0.29) is 0 Å². The van der Waals surface area contributed by atoms with Crippen molar-refractivity contribution in [1.82, 2.24) is 4.98 Å². The monoisotopic (exact) mass is 231 g/mol. The van der Waals surface area contributed by atoms with Gasteiger partial charge in [0.2, 0.25) is 0 Å². The second-order valence-corrected chi connectivity index (χ2v) is 3.66. The number of nitrogens with zero attached hydrogens (tertiary/aromatic N) is 1. The summed E-state index contributed by atoms with van der Waals surface area (Å²) in [5.74, 6) is 0. The first-order chi connectivity index (χ1) is 8.33. The zero-order chi connectivity index (χ0) is 12.7. The average Bonchev–Trinajstić information content (AvgIpc) is 2.41. The maximum Gasteiger partial charge on any atom is 0.0503 e. The zero-order valence-electron chi connectivity index (χ0n) is 11.2. The van der Waals surface area contributed by atoms with Crippen LogP contribution in [0, 0.1) is 6.92 Å². The summed E-state index contributed by atoms with van der Waals surface area (Å²) in [4.78, 5) is 4.40. The van der Waals surface area contributed by atoms with Crippen LogP contribution in [0.15, 0.2) is 30.5 Å². The van der Waals surface area contributed by atoms with E-state index in [9.17, 15) is 0 Å². The predicted molar refractivity (Wildman–Crippen MR) is 73.4 cm³/mol. The molecule has 0 radical (unpaired) electrons. The Morgan fingerprint density at radius 1 is 1.12 bits per heavy atom. The molecule has 1 aromatic carbocycles. The number of methoxy groups -OCH3 is 1. The van der Waals surface area contributed by atoms with Crippen molar-refractivity contribution >= 4 is 10.8 Å². The first kappa shape index (κ1) is 13.7. The second-order valence-electron chi connectivity index (χ2n) is 3.66. The third kappa shape index (κ3) is 3.27. The number of benzene rings is 1. The van der Waals surface area contributed by atoms with Gasteiger partial charge in [-0.15, -0.1) is 0 Å². The topological polar surface area (TPSA) is 22.1 Å². The van der Waals surface area contributed by atoms with Gasteiger partial charge in [-0.2, -0.15) is 0 Å². The van der Waals surface area contributed by atoms with Gasteiger partial charge < -0.3 is 4.74 Å². The van der Waals surface area contributed by atoms with Crippen molar-refractivity contribution in [1.29, 1.82) is 0 Å². The SMILES string of the molecule is CC.COCCc1cnc(C)c2ccccc12. The van der Waals surface area contributed by atoms with Crippen LogP contribution in [0.4, 0.5) is 0 Å². The molecule has 17 heavy (non-hydrogen) atoms. The highest BCUT2D eigenvalue weighted by molar-refractivity contribution is 5.87. The van der Waals surface area contributed by atoms with E-state index in [1.807, 2.05) is 27.0 Å². The van der Waals surface area contributed by atoms with E-state index in [0.717, 1.165) is 18.7 Å². The van der Waals surface area contributed by atoms with Crippen molar-refractivity contribution in [2.24, 2.45) is 0 Å². The highest BCUT2D eigenvalue weighted by atomic mass is 16.5. The normalized spacial score (nSPS) is 9.88. The molecule has 1 aromatic heterocycles. The molecule has 0 unspecified atom stereocenters. The van der Waals surface area contributed by atoms with Gasteiger partial charge >= 0.3 is 0 Å². The lowest BCUT2D eigenvalue weighted by molar-refractivity contribution is 0.202. The molecule has 0 bridgehead atoms.